The minimum Gasteiger partial charge on any atom is -0.324 e. The molecule has 0 aliphatic heterocycles. The first-order valence-corrected chi connectivity index (χ1v) is 9.68. The molecule has 6 nitrogen and oxygen atoms in total. The second-order valence-electron chi connectivity index (χ2n) is 6.18. The van der Waals surface area contributed by atoms with Gasteiger partial charge in [0, 0.05) is 26.2 Å². The van der Waals surface area contributed by atoms with Gasteiger partial charge in [-0.3, -0.25) is 0 Å². The summed E-state index contributed by atoms with van der Waals surface area (Å²) in [5, 5.41) is 3.37. The fourth-order valence-electron chi connectivity index (χ4n) is 2.61. The number of rotatable bonds is 7. The average molecular weight is 338 g/mol. The van der Waals surface area contributed by atoms with Crippen LogP contribution in [-0.2, 0) is 10.0 Å². The lowest BCUT2D eigenvalue weighted by atomic mass is 10.2. The molecule has 0 radical (unpaired) electrons. The monoisotopic (exact) mass is 338 g/mol. The Morgan fingerprint density at radius 3 is 2.52 bits per heavy atom. The van der Waals surface area contributed by atoms with Crippen LogP contribution in [0.1, 0.15) is 38.7 Å². The maximum atomic E-state index is 11.4. The van der Waals surface area contributed by atoms with Crippen molar-refractivity contribution in [3.63, 3.8) is 0 Å². The molecule has 2 rings (SSSR count). The van der Waals surface area contributed by atoms with E-state index in [1.165, 1.54) is 10.6 Å². The molecule has 0 fully saturated rings. The van der Waals surface area contributed by atoms with Gasteiger partial charge in [-0.05, 0) is 32.9 Å². The van der Waals surface area contributed by atoms with Crippen molar-refractivity contribution in [3.8, 4) is 0 Å². The molecule has 1 atom stereocenters. The van der Waals surface area contributed by atoms with Crippen LogP contribution in [0.3, 0.4) is 0 Å². The second kappa shape index (κ2) is 6.98. The van der Waals surface area contributed by atoms with Crippen LogP contribution in [0.4, 0.5) is 0 Å². The molecule has 1 heterocycles. The highest BCUT2D eigenvalue weighted by Gasteiger charge is 2.18. The number of sulfonamides is 1. The summed E-state index contributed by atoms with van der Waals surface area (Å²) >= 11 is 0. The Morgan fingerprint density at radius 1 is 1.26 bits per heavy atom. The summed E-state index contributed by atoms with van der Waals surface area (Å²) in [4.78, 5) is 4.75. The van der Waals surface area contributed by atoms with Gasteiger partial charge in [0.15, 0.2) is 0 Å². The van der Waals surface area contributed by atoms with E-state index in [2.05, 4.69) is 36.7 Å². The van der Waals surface area contributed by atoms with Crippen molar-refractivity contribution in [2.45, 2.75) is 32.9 Å². The van der Waals surface area contributed by atoms with E-state index in [-0.39, 0.29) is 6.04 Å². The predicted molar refractivity (Wildman–Crippen MR) is 94.0 cm³/mol. The number of fused-ring (bicyclic) bond motifs is 1. The summed E-state index contributed by atoms with van der Waals surface area (Å²) in [7, 11) is -1.55. The Labute approximate surface area is 138 Å². The van der Waals surface area contributed by atoms with E-state index in [4.69, 9.17) is 4.98 Å². The Kier molecular flexibility index (Phi) is 5.44. The van der Waals surface area contributed by atoms with Crippen LogP contribution < -0.4 is 5.32 Å². The number of aromatic nitrogens is 2. The molecule has 0 aliphatic carbocycles. The third kappa shape index (κ3) is 4.10. The fraction of sp³-hybridized carbons (Fsp3) is 0.562. The SMILES string of the molecule is CC(NCCN(C)S(C)(=O)=O)c1nc2ccccc2n1C(C)C. The van der Waals surface area contributed by atoms with E-state index in [9.17, 15) is 8.42 Å². The number of hydrogen-bond donors (Lipinski definition) is 1. The van der Waals surface area contributed by atoms with E-state index in [0.29, 0.717) is 19.1 Å². The van der Waals surface area contributed by atoms with E-state index < -0.39 is 10.0 Å². The lowest BCUT2D eigenvalue weighted by Gasteiger charge is -2.20. The van der Waals surface area contributed by atoms with Crippen molar-refractivity contribution in [2.24, 2.45) is 0 Å². The third-order valence-corrected chi connectivity index (χ3v) is 5.29. The Hall–Kier alpha value is -1.44. The number of hydrogen-bond acceptors (Lipinski definition) is 4. The van der Waals surface area contributed by atoms with Crippen molar-refractivity contribution in [2.75, 3.05) is 26.4 Å². The van der Waals surface area contributed by atoms with Gasteiger partial charge in [0.2, 0.25) is 10.0 Å². The van der Waals surface area contributed by atoms with Crippen LogP contribution in [0.5, 0.6) is 0 Å². The lowest BCUT2D eigenvalue weighted by Crippen LogP contribution is -2.34. The van der Waals surface area contributed by atoms with Crippen LogP contribution in [-0.4, -0.2) is 48.7 Å². The Balaban J connectivity index is 2.15. The molecule has 0 bridgehead atoms. The summed E-state index contributed by atoms with van der Waals surface area (Å²) < 4.78 is 26.4. The smallest absolute Gasteiger partial charge is 0.210 e. The highest BCUT2D eigenvalue weighted by molar-refractivity contribution is 7.88. The minimum atomic E-state index is -3.14. The highest BCUT2D eigenvalue weighted by atomic mass is 32.2. The zero-order chi connectivity index (χ0) is 17.2. The zero-order valence-corrected chi connectivity index (χ0v) is 15.3. The quantitative estimate of drug-likeness (QED) is 0.840. The van der Waals surface area contributed by atoms with Gasteiger partial charge in [-0.2, -0.15) is 0 Å². The standard InChI is InChI=1S/C16H26N4O2S/c1-12(2)20-15-9-7-6-8-14(15)18-16(20)13(3)17-10-11-19(4)23(5,21)22/h6-9,12-13,17H,10-11H2,1-5H3. The molecular formula is C16H26N4O2S. The average Bonchev–Trinajstić information content (AvgIpc) is 2.85. The Bertz CT molecular complexity index is 767. The molecular weight excluding hydrogens is 312 g/mol. The van der Waals surface area contributed by atoms with Gasteiger partial charge in [-0.25, -0.2) is 17.7 Å². The number of imidazole rings is 1. The molecule has 0 amide bonds. The van der Waals surface area contributed by atoms with E-state index in [1.807, 2.05) is 18.2 Å². The molecule has 2 aromatic rings. The topological polar surface area (TPSA) is 67.2 Å². The van der Waals surface area contributed by atoms with Crippen LogP contribution in [0, 0.1) is 0 Å². The lowest BCUT2D eigenvalue weighted by molar-refractivity contribution is 0.434. The van der Waals surface area contributed by atoms with Crippen molar-refractivity contribution in [3.05, 3.63) is 30.1 Å². The number of nitrogens with zero attached hydrogens (tertiary/aromatic N) is 3. The van der Waals surface area contributed by atoms with Crippen molar-refractivity contribution in [1.29, 1.82) is 0 Å². The molecule has 7 heteroatoms. The van der Waals surface area contributed by atoms with Gasteiger partial charge in [0.25, 0.3) is 0 Å². The number of para-hydroxylation sites is 2. The zero-order valence-electron chi connectivity index (χ0n) is 14.4. The molecule has 128 valence electrons. The van der Waals surface area contributed by atoms with Crippen LogP contribution in [0.2, 0.25) is 0 Å². The highest BCUT2D eigenvalue weighted by Crippen LogP contribution is 2.24. The molecule has 0 spiro atoms. The molecule has 0 saturated heterocycles. The number of benzene rings is 1. The summed E-state index contributed by atoms with van der Waals surface area (Å²) in [6.45, 7) is 7.35. The fourth-order valence-corrected chi connectivity index (χ4v) is 3.03. The maximum absolute atomic E-state index is 11.4. The molecule has 23 heavy (non-hydrogen) atoms. The number of likely N-dealkylation sites (N-methyl/N-ethyl adjacent to an activating group) is 1. The first-order valence-electron chi connectivity index (χ1n) is 7.83. The van der Waals surface area contributed by atoms with Crippen molar-refractivity contribution in [1.82, 2.24) is 19.2 Å². The third-order valence-electron chi connectivity index (χ3n) is 3.97. The van der Waals surface area contributed by atoms with Gasteiger partial charge in [0.1, 0.15) is 5.82 Å². The van der Waals surface area contributed by atoms with Crippen molar-refractivity contribution >= 4 is 21.1 Å². The van der Waals surface area contributed by atoms with E-state index in [0.717, 1.165) is 16.9 Å². The summed E-state index contributed by atoms with van der Waals surface area (Å²) in [6.07, 6.45) is 1.22. The van der Waals surface area contributed by atoms with Gasteiger partial charge in [0.05, 0.1) is 23.3 Å². The molecule has 1 aromatic carbocycles. The number of nitrogens with one attached hydrogen (secondary N) is 1. The molecule has 0 aliphatic rings. The van der Waals surface area contributed by atoms with Crippen molar-refractivity contribution < 1.29 is 8.42 Å². The van der Waals surface area contributed by atoms with E-state index in [1.54, 1.807) is 7.05 Å². The minimum absolute atomic E-state index is 0.0396. The molecule has 0 saturated carbocycles. The predicted octanol–water partition coefficient (Wildman–Crippen LogP) is 2.16. The first-order chi connectivity index (χ1) is 10.7. The molecule has 1 aromatic heterocycles. The largest absolute Gasteiger partial charge is 0.324 e. The summed E-state index contributed by atoms with van der Waals surface area (Å²) in [5.74, 6) is 0.975. The second-order valence-corrected chi connectivity index (χ2v) is 8.27. The normalized spacial score (nSPS) is 14.0. The van der Waals surface area contributed by atoms with Crippen LogP contribution >= 0.6 is 0 Å². The summed E-state index contributed by atoms with van der Waals surface area (Å²) in [6, 6.07) is 8.45. The van der Waals surface area contributed by atoms with Crippen LogP contribution in [0.25, 0.3) is 11.0 Å². The van der Waals surface area contributed by atoms with E-state index >= 15 is 0 Å². The Morgan fingerprint density at radius 2 is 1.91 bits per heavy atom. The van der Waals surface area contributed by atoms with Gasteiger partial charge in [-0.1, -0.05) is 12.1 Å². The first kappa shape index (κ1) is 17.9. The maximum Gasteiger partial charge on any atom is 0.210 e. The van der Waals surface area contributed by atoms with Gasteiger partial charge < -0.3 is 9.88 Å². The molecule has 1 N–H and O–H groups in total. The molecule has 1 unspecified atom stereocenters. The summed E-state index contributed by atoms with van der Waals surface area (Å²) in [5.41, 5.74) is 2.11. The van der Waals surface area contributed by atoms with Gasteiger partial charge >= 0.3 is 0 Å². The van der Waals surface area contributed by atoms with Gasteiger partial charge in [-0.15, -0.1) is 0 Å². The van der Waals surface area contributed by atoms with Crippen LogP contribution in [0.15, 0.2) is 24.3 Å².